The number of nitrogens with one attached hydrogen (secondary N) is 5. The van der Waals surface area contributed by atoms with Crippen LogP contribution in [0.5, 0.6) is 0 Å². The van der Waals surface area contributed by atoms with E-state index in [1.54, 1.807) is 62.3 Å². The lowest BCUT2D eigenvalue weighted by atomic mass is 9.84. The molecule has 1 aliphatic heterocycles. The van der Waals surface area contributed by atoms with Crippen molar-refractivity contribution in [2.24, 2.45) is 21.7 Å². The SMILES string of the molecule is CC(C)(C)CN1CCN(CC(=O)N[C@@H](CCCCNC(=O)OCc2ccccc2)C(=O)NCCOCC(=O)N(CCCC[C@H](NC(=O)N[C@@H](CCC(=O)OC(C)(C)C)C(=O)OC(C)(C)C)C(C)(C)C)CC(=O)OC(C)(C)C)CCN(CC(C)(C)C)CCN(CC(C)(C)C)CC1. The molecule has 23 heteroatoms. The molecule has 0 radical (unpaired) electrons. The van der Waals surface area contributed by atoms with Crippen molar-refractivity contribution in [3.8, 4) is 0 Å². The van der Waals surface area contributed by atoms with Gasteiger partial charge >= 0.3 is 30.0 Å². The first-order valence-electron chi connectivity index (χ1n) is 34.7. The molecule has 0 saturated carbocycles. The van der Waals surface area contributed by atoms with Gasteiger partial charge in [-0.2, -0.15) is 0 Å². The van der Waals surface area contributed by atoms with Gasteiger partial charge in [0.2, 0.25) is 17.7 Å². The first-order valence-corrected chi connectivity index (χ1v) is 34.7. The second-order valence-electron chi connectivity index (χ2n) is 33.4. The van der Waals surface area contributed by atoms with E-state index in [1.165, 1.54) is 4.90 Å². The highest BCUT2D eigenvalue weighted by atomic mass is 16.6. The van der Waals surface area contributed by atoms with Crippen LogP contribution < -0.4 is 26.6 Å². The summed E-state index contributed by atoms with van der Waals surface area (Å²) in [5, 5.41) is 14.5. The van der Waals surface area contributed by atoms with E-state index >= 15 is 0 Å². The highest BCUT2D eigenvalue weighted by Gasteiger charge is 2.33. The highest BCUT2D eigenvalue weighted by molar-refractivity contribution is 5.88. The molecule has 1 aromatic carbocycles. The van der Waals surface area contributed by atoms with Crippen molar-refractivity contribution in [1.29, 1.82) is 0 Å². The number of nitrogens with zero attached hydrogens (tertiary/aromatic N) is 5. The standard InChI is InChI=1S/C72H130N10O13/c1-66(2,3)51-79-40-38-78(39-41-80(52-67(4,5)6)43-45-81(44-42-79)53-68(7,8)9)47-58(83)75-55(31-25-27-35-74-65(90)92-49-54-29-23-22-24-30-54)62(87)73-36-46-91-50-59(84)82(48-61(86)94-71(16,17)18)37-28-26-32-57(69(10,11)12)77-64(89)76-56(63(88)95-72(19,20)21)33-34-60(85)93-70(13,14)15/h22-24,29-30,55-57H,25-28,31-53H2,1-21H3,(H,73,87)(H,74,90)(H,75,83)(H2,76,77,89)/t55-,56-,57-/m0/s1. The molecule has 1 saturated heterocycles. The Hall–Kier alpha value is -5.62. The summed E-state index contributed by atoms with van der Waals surface area (Å²) in [4.78, 5) is 119. The lowest BCUT2D eigenvalue weighted by Crippen LogP contribution is -2.53. The van der Waals surface area contributed by atoms with Crippen LogP contribution in [0.1, 0.15) is 202 Å². The second kappa shape index (κ2) is 40.3. The van der Waals surface area contributed by atoms with Crippen LogP contribution in [0.4, 0.5) is 9.59 Å². The zero-order valence-electron chi connectivity index (χ0n) is 62.8. The summed E-state index contributed by atoms with van der Waals surface area (Å²) >= 11 is 0. The van der Waals surface area contributed by atoms with Gasteiger partial charge in [-0.25, -0.2) is 14.4 Å². The predicted molar refractivity (Wildman–Crippen MR) is 374 cm³/mol. The van der Waals surface area contributed by atoms with E-state index in [2.05, 4.69) is 108 Å². The minimum absolute atomic E-state index is 0.0168. The fourth-order valence-electron chi connectivity index (χ4n) is 10.8. The molecule has 95 heavy (non-hydrogen) atoms. The normalized spacial score (nSPS) is 16.0. The molecular weight excluding hydrogens is 1210 g/mol. The van der Waals surface area contributed by atoms with Gasteiger partial charge in [0.1, 0.15) is 48.6 Å². The van der Waals surface area contributed by atoms with Crippen LogP contribution in [0, 0.1) is 21.7 Å². The number of carbonyl (C=O) groups excluding carboxylic acids is 8. The number of unbranched alkanes of at least 4 members (excludes halogenated alkanes) is 2. The number of urea groups is 1. The lowest BCUT2D eigenvalue weighted by Gasteiger charge is -2.39. The minimum atomic E-state index is -1.13. The number of esters is 3. The number of ether oxygens (including phenoxy) is 5. The first-order chi connectivity index (χ1) is 43.7. The molecular formula is C72H130N10O13. The summed E-state index contributed by atoms with van der Waals surface area (Å²) in [6, 6.07) is 6.32. The van der Waals surface area contributed by atoms with E-state index in [-0.39, 0.29) is 80.8 Å². The average molecular weight is 1340 g/mol. The molecule has 1 aliphatic rings. The van der Waals surface area contributed by atoms with E-state index < -0.39 is 88.8 Å². The van der Waals surface area contributed by atoms with E-state index in [9.17, 15) is 38.4 Å². The topological polar surface area (TPSA) is 259 Å². The van der Waals surface area contributed by atoms with Gasteiger partial charge in [-0.3, -0.25) is 28.9 Å². The van der Waals surface area contributed by atoms with Crippen LogP contribution in [0.25, 0.3) is 0 Å². The molecule has 0 unspecified atom stereocenters. The zero-order chi connectivity index (χ0) is 72.0. The molecule has 0 spiro atoms. The van der Waals surface area contributed by atoms with Crippen molar-refractivity contribution in [3.63, 3.8) is 0 Å². The Morgan fingerprint density at radius 1 is 0.516 bits per heavy atom. The summed E-state index contributed by atoms with van der Waals surface area (Å²) in [5.41, 5.74) is -1.68. The third kappa shape index (κ3) is 43.3. The Morgan fingerprint density at radius 3 is 1.51 bits per heavy atom. The Morgan fingerprint density at radius 2 is 1.01 bits per heavy atom. The Balaban J connectivity index is 2.25. The molecule has 2 rings (SSSR count). The fourth-order valence-corrected chi connectivity index (χ4v) is 10.8. The average Bonchev–Trinajstić information content (AvgIpc) is 3.60. The maximum Gasteiger partial charge on any atom is 0.407 e. The van der Waals surface area contributed by atoms with Crippen molar-refractivity contribution in [2.75, 3.05) is 118 Å². The van der Waals surface area contributed by atoms with Crippen LogP contribution in [-0.2, 0) is 59.1 Å². The number of rotatable bonds is 32. The minimum Gasteiger partial charge on any atom is -0.460 e. The summed E-state index contributed by atoms with van der Waals surface area (Å²) in [5.74, 6) is -2.96. The van der Waals surface area contributed by atoms with Gasteiger partial charge in [-0.05, 0) is 134 Å². The summed E-state index contributed by atoms with van der Waals surface area (Å²) in [7, 11) is 0. The first kappa shape index (κ1) is 85.5. The molecule has 546 valence electrons. The summed E-state index contributed by atoms with van der Waals surface area (Å²) in [6.45, 7) is 51.3. The fraction of sp³-hybridized carbons (Fsp3) is 0.806. The van der Waals surface area contributed by atoms with Crippen molar-refractivity contribution in [2.45, 2.75) is 238 Å². The molecule has 1 fully saturated rings. The van der Waals surface area contributed by atoms with Gasteiger partial charge in [-0.1, -0.05) is 113 Å². The summed E-state index contributed by atoms with van der Waals surface area (Å²) < 4.78 is 27.9. The van der Waals surface area contributed by atoms with Crippen LogP contribution in [0.15, 0.2) is 30.3 Å². The number of hydrogen-bond acceptors (Lipinski definition) is 17. The van der Waals surface area contributed by atoms with E-state index in [1.807, 2.05) is 51.1 Å². The second-order valence-corrected chi connectivity index (χ2v) is 33.4. The monoisotopic (exact) mass is 1340 g/mol. The summed E-state index contributed by atoms with van der Waals surface area (Å²) in [6.07, 6.45) is 2.01. The number of amides is 6. The van der Waals surface area contributed by atoms with Gasteiger partial charge in [0.25, 0.3) is 0 Å². The molecule has 3 atom stereocenters. The van der Waals surface area contributed by atoms with Crippen LogP contribution in [0.3, 0.4) is 0 Å². The van der Waals surface area contributed by atoms with Crippen LogP contribution in [-0.4, -0.2) is 225 Å². The molecule has 1 heterocycles. The maximum atomic E-state index is 14.3. The van der Waals surface area contributed by atoms with Gasteiger partial charge in [-0.15, -0.1) is 0 Å². The van der Waals surface area contributed by atoms with Crippen molar-refractivity contribution < 1.29 is 62.0 Å². The predicted octanol–water partition coefficient (Wildman–Crippen LogP) is 8.95. The van der Waals surface area contributed by atoms with Crippen molar-refractivity contribution in [1.82, 2.24) is 51.1 Å². The molecule has 6 amide bonds. The van der Waals surface area contributed by atoms with Gasteiger partial charge < -0.3 is 69.9 Å². The Kier molecular flexibility index (Phi) is 36.3. The van der Waals surface area contributed by atoms with Gasteiger partial charge in [0.15, 0.2) is 0 Å². The smallest absolute Gasteiger partial charge is 0.407 e. The Bertz CT molecular complexity index is 2450. The number of hydrogen-bond donors (Lipinski definition) is 5. The highest BCUT2D eigenvalue weighted by Crippen LogP contribution is 2.25. The van der Waals surface area contributed by atoms with Crippen LogP contribution in [0.2, 0.25) is 0 Å². The Labute approximate surface area is 572 Å². The van der Waals surface area contributed by atoms with E-state index in [4.69, 9.17) is 23.7 Å². The van der Waals surface area contributed by atoms with E-state index in [0.29, 0.717) is 51.7 Å². The zero-order valence-corrected chi connectivity index (χ0v) is 62.8. The largest absolute Gasteiger partial charge is 0.460 e. The van der Waals surface area contributed by atoms with Gasteiger partial charge in [0, 0.05) is 104 Å². The van der Waals surface area contributed by atoms with Crippen molar-refractivity contribution >= 4 is 47.8 Å². The number of benzene rings is 1. The van der Waals surface area contributed by atoms with Gasteiger partial charge in [0.05, 0.1) is 13.2 Å². The van der Waals surface area contributed by atoms with E-state index in [0.717, 1.165) is 64.5 Å². The molecule has 0 aromatic heterocycles. The maximum absolute atomic E-state index is 14.3. The molecule has 5 N–H and O–H groups in total. The lowest BCUT2D eigenvalue weighted by molar-refractivity contribution is -0.160. The molecule has 0 aliphatic carbocycles. The number of alkyl carbamates (subject to hydrolysis) is 1. The molecule has 0 bridgehead atoms. The third-order valence-corrected chi connectivity index (χ3v) is 14.9. The number of carbonyl (C=O) groups is 8. The van der Waals surface area contributed by atoms with Crippen molar-refractivity contribution in [3.05, 3.63) is 35.9 Å². The third-order valence-electron chi connectivity index (χ3n) is 14.9. The molecule has 1 aromatic rings. The quantitative estimate of drug-likeness (QED) is 0.0256. The van der Waals surface area contributed by atoms with Crippen LogP contribution >= 0.6 is 0 Å². The molecule has 23 nitrogen and oxygen atoms in total.